The molecule has 0 unspecified atom stereocenters. The van der Waals surface area contributed by atoms with Gasteiger partial charge in [0.25, 0.3) is 0 Å². The Morgan fingerprint density at radius 1 is 1.14 bits per heavy atom. The number of carbonyl (C=O) groups excluding carboxylic acids is 2. The highest BCUT2D eigenvalue weighted by Crippen LogP contribution is 2.39. The van der Waals surface area contributed by atoms with Crippen molar-refractivity contribution in [2.45, 2.75) is 19.8 Å². The molecule has 2 aliphatic rings. The van der Waals surface area contributed by atoms with Gasteiger partial charge in [-0.2, -0.15) is 0 Å². The number of imide groups is 1. The molecular weight excluding hydrogens is 270 g/mol. The monoisotopic (exact) mass is 285 g/mol. The highest BCUT2D eigenvalue weighted by molar-refractivity contribution is 6.22. The molecule has 5 nitrogen and oxygen atoms in total. The first-order chi connectivity index (χ1) is 9.99. The van der Waals surface area contributed by atoms with Crippen molar-refractivity contribution in [1.29, 1.82) is 0 Å². The Kier molecular flexibility index (Phi) is 3.12. The maximum Gasteiger partial charge on any atom is 0.335 e. The van der Waals surface area contributed by atoms with E-state index in [-0.39, 0.29) is 29.2 Å². The molecule has 0 spiro atoms. The molecule has 5 heteroatoms. The van der Waals surface area contributed by atoms with E-state index in [1.54, 1.807) is 0 Å². The second-order valence-electron chi connectivity index (χ2n) is 5.57. The van der Waals surface area contributed by atoms with Crippen LogP contribution in [0.1, 0.15) is 30.1 Å². The number of carboxylic acids is 1. The van der Waals surface area contributed by atoms with Gasteiger partial charge in [-0.1, -0.05) is 11.6 Å². The van der Waals surface area contributed by atoms with E-state index in [0.29, 0.717) is 18.5 Å². The fraction of sp³-hybridized carbons (Fsp3) is 0.312. The summed E-state index contributed by atoms with van der Waals surface area (Å²) in [6.45, 7) is 1.97. The van der Waals surface area contributed by atoms with Gasteiger partial charge in [-0.25, -0.2) is 4.79 Å². The Morgan fingerprint density at radius 3 is 2.38 bits per heavy atom. The molecule has 0 radical (unpaired) electrons. The molecule has 0 aromatic heterocycles. The number of carboxylic acid groups (broad SMARTS) is 1. The van der Waals surface area contributed by atoms with Crippen LogP contribution in [0.2, 0.25) is 0 Å². The lowest BCUT2D eigenvalue weighted by molar-refractivity contribution is -0.122. The first-order valence-electron chi connectivity index (χ1n) is 6.86. The Balaban J connectivity index is 1.91. The van der Waals surface area contributed by atoms with Crippen LogP contribution in [-0.2, 0) is 9.59 Å². The SMILES string of the molecule is CC1=CC[C@@H]2C(=O)N(c3ccc(C(=O)O)cc3)C(=O)[C@@H]2C1. The molecule has 1 aromatic rings. The number of nitrogens with zero attached hydrogens (tertiary/aromatic N) is 1. The van der Waals surface area contributed by atoms with E-state index >= 15 is 0 Å². The predicted molar refractivity (Wildman–Crippen MR) is 75.9 cm³/mol. The second kappa shape index (κ2) is 4.84. The molecule has 2 atom stereocenters. The van der Waals surface area contributed by atoms with Crippen molar-refractivity contribution >= 4 is 23.5 Å². The number of rotatable bonds is 2. The minimum atomic E-state index is -1.03. The van der Waals surface area contributed by atoms with Gasteiger partial charge in [-0.3, -0.25) is 14.5 Å². The van der Waals surface area contributed by atoms with E-state index in [1.165, 1.54) is 29.2 Å². The maximum atomic E-state index is 12.5. The summed E-state index contributed by atoms with van der Waals surface area (Å²) in [6, 6.07) is 5.83. The number of hydrogen-bond acceptors (Lipinski definition) is 3. The molecule has 2 amide bonds. The number of anilines is 1. The third kappa shape index (κ3) is 2.14. The Hall–Kier alpha value is -2.43. The third-order valence-electron chi connectivity index (χ3n) is 4.20. The van der Waals surface area contributed by atoms with E-state index < -0.39 is 5.97 Å². The molecule has 1 aliphatic carbocycles. The van der Waals surface area contributed by atoms with E-state index in [4.69, 9.17) is 5.11 Å². The fourth-order valence-corrected chi connectivity index (χ4v) is 3.05. The topological polar surface area (TPSA) is 74.7 Å². The van der Waals surface area contributed by atoms with E-state index in [9.17, 15) is 14.4 Å². The van der Waals surface area contributed by atoms with Crippen LogP contribution in [-0.4, -0.2) is 22.9 Å². The number of allylic oxidation sites excluding steroid dienone is 2. The van der Waals surface area contributed by atoms with Crippen LogP contribution in [0, 0.1) is 11.8 Å². The number of fused-ring (bicyclic) bond motifs is 1. The third-order valence-corrected chi connectivity index (χ3v) is 4.20. The van der Waals surface area contributed by atoms with Gasteiger partial charge >= 0.3 is 5.97 Å². The average molecular weight is 285 g/mol. The smallest absolute Gasteiger partial charge is 0.335 e. The number of hydrogen-bond donors (Lipinski definition) is 1. The molecule has 1 fully saturated rings. The minimum Gasteiger partial charge on any atom is -0.478 e. The van der Waals surface area contributed by atoms with Crippen LogP contribution in [0.15, 0.2) is 35.9 Å². The van der Waals surface area contributed by atoms with Crippen LogP contribution >= 0.6 is 0 Å². The normalized spacial score (nSPS) is 24.8. The maximum absolute atomic E-state index is 12.5. The van der Waals surface area contributed by atoms with Gasteiger partial charge < -0.3 is 5.11 Å². The van der Waals surface area contributed by atoms with Crippen molar-refractivity contribution in [1.82, 2.24) is 0 Å². The van der Waals surface area contributed by atoms with Gasteiger partial charge in [0.05, 0.1) is 23.1 Å². The average Bonchev–Trinajstić information content (AvgIpc) is 2.70. The zero-order valence-corrected chi connectivity index (χ0v) is 11.6. The first kappa shape index (κ1) is 13.5. The van der Waals surface area contributed by atoms with Gasteiger partial charge in [0.2, 0.25) is 11.8 Å². The molecule has 3 rings (SSSR count). The second-order valence-corrected chi connectivity index (χ2v) is 5.57. The Morgan fingerprint density at radius 2 is 1.76 bits per heavy atom. The summed E-state index contributed by atoms with van der Waals surface area (Å²) in [5.41, 5.74) is 1.72. The highest BCUT2D eigenvalue weighted by atomic mass is 16.4. The number of carbonyl (C=O) groups is 3. The van der Waals surface area contributed by atoms with Gasteiger partial charge in [-0.05, 0) is 44.0 Å². The van der Waals surface area contributed by atoms with Crippen LogP contribution in [0.25, 0.3) is 0 Å². The van der Waals surface area contributed by atoms with Crippen molar-refractivity contribution in [3.05, 3.63) is 41.5 Å². The molecule has 0 saturated carbocycles. The lowest BCUT2D eigenvalue weighted by Crippen LogP contribution is -2.30. The Labute approximate surface area is 121 Å². The standard InChI is InChI=1S/C16H15NO4/c1-9-2-7-12-13(8-9)15(19)17(14(12)18)11-5-3-10(4-6-11)16(20)21/h2-6,12-13H,7-8H2,1H3,(H,20,21)/t12-,13+/m0/s1. The van der Waals surface area contributed by atoms with Gasteiger partial charge in [0.1, 0.15) is 0 Å². The van der Waals surface area contributed by atoms with Crippen LogP contribution in [0.5, 0.6) is 0 Å². The summed E-state index contributed by atoms with van der Waals surface area (Å²) in [5.74, 6) is -1.95. The lowest BCUT2D eigenvalue weighted by atomic mass is 9.82. The van der Waals surface area contributed by atoms with E-state index in [0.717, 1.165) is 5.57 Å². The molecular formula is C16H15NO4. The van der Waals surface area contributed by atoms with Crippen molar-refractivity contribution < 1.29 is 19.5 Å². The first-order valence-corrected chi connectivity index (χ1v) is 6.86. The summed E-state index contributed by atoms with van der Waals surface area (Å²) in [7, 11) is 0. The molecule has 1 aliphatic heterocycles. The number of amides is 2. The molecule has 1 aromatic carbocycles. The van der Waals surface area contributed by atoms with Crippen molar-refractivity contribution in [3.8, 4) is 0 Å². The highest BCUT2D eigenvalue weighted by Gasteiger charge is 2.48. The summed E-state index contributed by atoms with van der Waals surface area (Å²) < 4.78 is 0. The van der Waals surface area contributed by atoms with E-state index in [1.807, 2.05) is 13.0 Å². The van der Waals surface area contributed by atoms with Crippen LogP contribution in [0.3, 0.4) is 0 Å². The summed E-state index contributed by atoms with van der Waals surface area (Å²) in [4.78, 5) is 37.0. The fourth-order valence-electron chi connectivity index (χ4n) is 3.05. The zero-order valence-electron chi connectivity index (χ0n) is 11.6. The summed E-state index contributed by atoms with van der Waals surface area (Å²) in [6.07, 6.45) is 3.24. The van der Waals surface area contributed by atoms with Crippen LogP contribution < -0.4 is 4.90 Å². The number of benzene rings is 1. The van der Waals surface area contributed by atoms with Crippen LogP contribution in [0.4, 0.5) is 5.69 Å². The molecule has 1 saturated heterocycles. The zero-order chi connectivity index (χ0) is 15.1. The minimum absolute atomic E-state index is 0.132. The summed E-state index contributed by atoms with van der Waals surface area (Å²) >= 11 is 0. The molecule has 1 heterocycles. The van der Waals surface area contributed by atoms with Crippen molar-refractivity contribution in [2.24, 2.45) is 11.8 Å². The Bertz CT molecular complexity index is 659. The quantitative estimate of drug-likeness (QED) is 0.668. The predicted octanol–water partition coefficient (Wildman–Crippen LogP) is 2.23. The lowest BCUT2D eigenvalue weighted by Gasteiger charge is -2.18. The van der Waals surface area contributed by atoms with E-state index in [2.05, 4.69) is 0 Å². The summed E-state index contributed by atoms with van der Waals surface area (Å²) in [5, 5.41) is 8.89. The molecule has 108 valence electrons. The largest absolute Gasteiger partial charge is 0.478 e. The molecule has 0 bridgehead atoms. The van der Waals surface area contributed by atoms with Crippen molar-refractivity contribution in [2.75, 3.05) is 4.90 Å². The van der Waals surface area contributed by atoms with Gasteiger partial charge in [-0.15, -0.1) is 0 Å². The van der Waals surface area contributed by atoms with Gasteiger partial charge in [0.15, 0.2) is 0 Å². The van der Waals surface area contributed by atoms with Crippen molar-refractivity contribution in [3.63, 3.8) is 0 Å². The number of aromatic carboxylic acids is 1. The molecule has 1 N–H and O–H groups in total. The molecule has 21 heavy (non-hydrogen) atoms. The van der Waals surface area contributed by atoms with Gasteiger partial charge in [0, 0.05) is 0 Å².